The van der Waals surface area contributed by atoms with Gasteiger partial charge >= 0.3 is 0 Å². The lowest BCUT2D eigenvalue weighted by Crippen LogP contribution is -2.20. The molecule has 2 rings (SSSR count). The average Bonchev–Trinajstić information content (AvgIpc) is 2.49. The quantitative estimate of drug-likeness (QED) is 0.723. The van der Waals surface area contributed by atoms with Crippen LogP contribution in [0.3, 0.4) is 0 Å². The minimum atomic E-state index is 0.145. The zero-order valence-corrected chi connectivity index (χ0v) is 10.8. The number of aromatic nitrogens is 2. The van der Waals surface area contributed by atoms with Crippen molar-refractivity contribution in [2.45, 2.75) is 25.5 Å². The van der Waals surface area contributed by atoms with Crippen LogP contribution in [0.4, 0.5) is 0 Å². The van der Waals surface area contributed by atoms with E-state index in [2.05, 4.69) is 43.6 Å². The second-order valence-electron chi connectivity index (χ2n) is 3.05. The van der Waals surface area contributed by atoms with Gasteiger partial charge in [-0.2, -0.15) is 5.10 Å². The van der Waals surface area contributed by atoms with Crippen LogP contribution in [0.1, 0.15) is 25.5 Å². The fourth-order valence-electron chi connectivity index (χ4n) is 1.44. The predicted molar refractivity (Wildman–Crippen MR) is 61.5 cm³/mol. The molecule has 0 spiro atoms. The summed E-state index contributed by atoms with van der Waals surface area (Å²) >= 11 is 5.71. The van der Waals surface area contributed by atoms with E-state index in [-0.39, 0.29) is 6.23 Å². The summed E-state index contributed by atoms with van der Waals surface area (Å²) in [7, 11) is 0. The maximum atomic E-state index is 5.63. The Bertz CT molecular complexity index is 296. The maximum Gasteiger partial charge on any atom is 0.151 e. The molecule has 0 aromatic carbocycles. The Labute approximate surface area is 99.1 Å². The number of hydrogen-bond donors (Lipinski definition) is 0. The van der Waals surface area contributed by atoms with Gasteiger partial charge in [0, 0.05) is 6.61 Å². The lowest BCUT2D eigenvalue weighted by molar-refractivity contribution is -0.0411. The highest BCUT2D eigenvalue weighted by Crippen LogP contribution is 2.27. The summed E-state index contributed by atoms with van der Waals surface area (Å²) in [6, 6.07) is 0. The number of rotatable bonds is 1. The van der Waals surface area contributed by atoms with Gasteiger partial charge in [-0.15, -0.1) is 0 Å². The molecule has 0 unspecified atom stereocenters. The molecule has 5 heteroatoms. The second kappa shape index (κ2) is 4.27. The van der Waals surface area contributed by atoms with Crippen molar-refractivity contribution in [3.05, 3.63) is 14.4 Å². The normalized spacial score (nSPS) is 23.4. The first-order valence-corrected chi connectivity index (χ1v) is 6.16. The summed E-state index contributed by atoms with van der Waals surface area (Å²) < 4.78 is 9.74. The van der Waals surface area contributed by atoms with Crippen molar-refractivity contribution in [1.29, 1.82) is 0 Å². The molecule has 3 nitrogen and oxygen atoms in total. The van der Waals surface area contributed by atoms with Crippen molar-refractivity contribution in [2.75, 3.05) is 6.61 Å². The molecule has 72 valence electrons. The van der Waals surface area contributed by atoms with Crippen LogP contribution in [0.15, 0.2) is 10.7 Å². The first kappa shape index (κ1) is 9.92. The van der Waals surface area contributed by atoms with Crippen molar-refractivity contribution in [3.63, 3.8) is 0 Å². The highest BCUT2D eigenvalue weighted by atomic mass is 127. The Kier molecular flexibility index (Phi) is 3.26. The topological polar surface area (TPSA) is 27.1 Å². The monoisotopic (exact) mass is 356 g/mol. The summed E-state index contributed by atoms with van der Waals surface area (Å²) in [5.41, 5.74) is 0. The van der Waals surface area contributed by atoms with Gasteiger partial charge in [0.05, 0.1) is 10.7 Å². The lowest BCUT2D eigenvalue weighted by Gasteiger charge is -2.23. The van der Waals surface area contributed by atoms with Crippen LogP contribution in [0, 0.1) is 3.70 Å². The largest absolute Gasteiger partial charge is 0.356 e. The zero-order chi connectivity index (χ0) is 9.26. The Morgan fingerprint density at radius 3 is 3.00 bits per heavy atom. The first-order valence-electron chi connectivity index (χ1n) is 4.29. The fourth-order valence-corrected chi connectivity index (χ4v) is 2.29. The van der Waals surface area contributed by atoms with Gasteiger partial charge in [0.15, 0.2) is 6.23 Å². The molecule has 0 saturated carbocycles. The average molecular weight is 357 g/mol. The molecule has 13 heavy (non-hydrogen) atoms. The smallest absolute Gasteiger partial charge is 0.151 e. The number of hydrogen-bond acceptors (Lipinski definition) is 2. The van der Waals surface area contributed by atoms with E-state index in [1.54, 1.807) is 0 Å². The molecule has 0 amide bonds. The SMILES string of the molecule is Brc1cnn([C@H]2CCCCO2)c1I. The van der Waals surface area contributed by atoms with Crippen LogP contribution in [-0.2, 0) is 4.74 Å². The minimum absolute atomic E-state index is 0.145. The Morgan fingerprint density at radius 1 is 1.62 bits per heavy atom. The van der Waals surface area contributed by atoms with Crippen molar-refractivity contribution >= 4 is 38.5 Å². The molecule has 0 bridgehead atoms. The van der Waals surface area contributed by atoms with Gasteiger partial charge in [-0.25, -0.2) is 4.68 Å². The van der Waals surface area contributed by atoms with Crippen LogP contribution in [-0.4, -0.2) is 16.4 Å². The van der Waals surface area contributed by atoms with Crippen LogP contribution in [0.25, 0.3) is 0 Å². The summed E-state index contributed by atoms with van der Waals surface area (Å²) in [6.45, 7) is 0.859. The van der Waals surface area contributed by atoms with Gasteiger partial charge in [0.2, 0.25) is 0 Å². The van der Waals surface area contributed by atoms with Crippen molar-refractivity contribution < 1.29 is 4.74 Å². The van der Waals surface area contributed by atoms with Crippen LogP contribution >= 0.6 is 38.5 Å². The van der Waals surface area contributed by atoms with Crippen LogP contribution < -0.4 is 0 Å². The van der Waals surface area contributed by atoms with E-state index >= 15 is 0 Å². The molecule has 1 aliphatic rings. The van der Waals surface area contributed by atoms with E-state index in [4.69, 9.17) is 4.74 Å². The molecule has 1 aliphatic heterocycles. The zero-order valence-electron chi connectivity index (χ0n) is 7.04. The van der Waals surface area contributed by atoms with E-state index < -0.39 is 0 Å². The molecular formula is C8H10BrIN2O. The third-order valence-electron chi connectivity index (χ3n) is 2.12. The van der Waals surface area contributed by atoms with Gasteiger partial charge in [-0.3, -0.25) is 0 Å². The minimum Gasteiger partial charge on any atom is -0.356 e. The van der Waals surface area contributed by atoms with Gasteiger partial charge in [0.25, 0.3) is 0 Å². The summed E-state index contributed by atoms with van der Waals surface area (Å²) in [4.78, 5) is 0. The molecule has 0 N–H and O–H groups in total. The number of nitrogens with zero attached hydrogens (tertiary/aromatic N) is 2. The molecule has 1 aromatic heterocycles. The van der Waals surface area contributed by atoms with Gasteiger partial charge in [-0.1, -0.05) is 0 Å². The Balaban J connectivity index is 2.18. The third kappa shape index (κ3) is 2.07. The molecule has 2 heterocycles. The van der Waals surface area contributed by atoms with E-state index in [1.165, 1.54) is 12.8 Å². The van der Waals surface area contributed by atoms with Crippen LogP contribution in [0.2, 0.25) is 0 Å². The lowest BCUT2D eigenvalue weighted by atomic mass is 10.2. The maximum absolute atomic E-state index is 5.63. The molecule has 1 aromatic rings. The van der Waals surface area contributed by atoms with E-state index in [9.17, 15) is 0 Å². The summed E-state index contributed by atoms with van der Waals surface area (Å²) in [6.07, 6.45) is 5.45. The highest BCUT2D eigenvalue weighted by molar-refractivity contribution is 14.1. The standard InChI is InChI=1S/C8H10BrIN2O/c9-6-5-11-12(8(6)10)7-3-1-2-4-13-7/h5,7H,1-4H2/t7-/m1/s1. The van der Waals surface area contributed by atoms with Crippen molar-refractivity contribution in [3.8, 4) is 0 Å². The molecule has 1 fully saturated rings. The number of ether oxygens (including phenoxy) is 1. The van der Waals surface area contributed by atoms with Crippen molar-refractivity contribution in [1.82, 2.24) is 9.78 Å². The Morgan fingerprint density at radius 2 is 2.46 bits per heavy atom. The van der Waals surface area contributed by atoms with Gasteiger partial charge in [0.1, 0.15) is 3.70 Å². The summed E-state index contributed by atoms with van der Waals surface area (Å²) in [5, 5.41) is 4.28. The molecule has 1 atom stereocenters. The first-order chi connectivity index (χ1) is 6.29. The molecule has 0 aliphatic carbocycles. The Hall–Kier alpha value is 0.380. The van der Waals surface area contributed by atoms with E-state index in [1.807, 2.05) is 10.9 Å². The molecule has 1 saturated heterocycles. The van der Waals surface area contributed by atoms with Crippen LogP contribution in [0.5, 0.6) is 0 Å². The molecule has 0 radical (unpaired) electrons. The van der Waals surface area contributed by atoms with E-state index in [0.717, 1.165) is 21.2 Å². The van der Waals surface area contributed by atoms with Gasteiger partial charge in [-0.05, 0) is 57.8 Å². The van der Waals surface area contributed by atoms with Gasteiger partial charge < -0.3 is 4.74 Å². The fraction of sp³-hybridized carbons (Fsp3) is 0.625. The summed E-state index contributed by atoms with van der Waals surface area (Å²) in [5.74, 6) is 0. The predicted octanol–water partition coefficient (Wildman–Crippen LogP) is 2.95. The van der Waals surface area contributed by atoms with E-state index in [0.29, 0.717) is 0 Å². The highest BCUT2D eigenvalue weighted by Gasteiger charge is 2.19. The second-order valence-corrected chi connectivity index (χ2v) is 4.93. The third-order valence-corrected chi connectivity index (χ3v) is 4.52. The number of halogens is 2. The van der Waals surface area contributed by atoms with Crippen molar-refractivity contribution in [2.24, 2.45) is 0 Å². The molecular weight excluding hydrogens is 347 g/mol.